The number of benzene rings is 1. The molecule has 0 atom stereocenters. The Morgan fingerprint density at radius 1 is 1.10 bits per heavy atom. The van der Waals surface area contributed by atoms with Crippen molar-refractivity contribution in [1.82, 2.24) is 9.29 Å². The minimum Gasteiger partial charge on any atom is -0.326 e. The molecule has 9 heteroatoms. The van der Waals surface area contributed by atoms with Gasteiger partial charge in [-0.25, -0.2) is 13.4 Å². The number of rotatable bonds is 6. The summed E-state index contributed by atoms with van der Waals surface area (Å²) in [5.41, 5.74) is 1.56. The number of aromatic nitrogens is 1. The van der Waals surface area contributed by atoms with Gasteiger partial charge in [0.05, 0.1) is 4.90 Å². The Kier molecular flexibility index (Phi) is 6.84. The fourth-order valence-corrected chi connectivity index (χ4v) is 4.77. The SMILES string of the molecule is CCC(=O)Nc1ccc(S(=O)(=O)N2CCC(C(=O)Nc3cc(C)ccn3)CC2)cc1. The zero-order valence-corrected chi connectivity index (χ0v) is 17.9. The van der Waals surface area contributed by atoms with E-state index in [1.807, 2.05) is 13.0 Å². The largest absolute Gasteiger partial charge is 0.326 e. The van der Waals surface area contributed by atoms with Crippen LogP contribution in [0.2, 0.25) is 0 Å². The van der Waals surface area contributed by atoms with Crippen molar-refractivity contribution in [2.75, 3.05) is 23.7 Å². The number of carbonyl (C=O) groups excluding carboxylic acids is 2. The van der Waals surface area contributed by atoms with Gasteiger partial charge >= 0.3 is 0 Å². The van der Waals surface area contributed by atoms with Crippen LogP contribution in [0.3, 0.4) is 0 Å². The minimum atomic E-state index is -3.65. The Bertz CT molecular complexity index is 1010. The van der Waals surface area contributed by atoms with E-state index in [0.29, 0.717) is 30.8 Å². The van der Waals surface area contributed by atoms with E-state index in [4.69, 9.17) is 0 Å². The molecule has 2 amide bonds. The quantitative estimate of drug-likeness (QED) is 0.733. The first-order valence-corrected chi connectivity index (χ1v) is 11.4. The summed E-state index contributed by atoms with van der Waals surface area (Å²) in [5.74, 6) is -0.0244. The van der Waals surface area contributed by atoms with E-state index in [2.05, 4.69) is 15.6 Å². The van der Waals surface area contributed by atoms with E-state index in [0.717, 1.165) is 5.56 Å². The van der Waals surface area contributed by atoms with Crippen molar-refractivity contribution in [2.24, 2.45) is 5.92 Å². The summed E-state index contributed by atoms with van der Waals surface area (Å²) in [6, 6.07) is 9.78. The molecular weight excluding hydrogens is 404 g/mol. The van der Waals surface area contributed by atoms with Crippen molar-refractivity contribution in [1.29, 1.82) is 0 Å². The first kappa shape index (κ1) is 21.9. The predicted octanol–water partition coefficient (Wildman–Crippen LogP) is 2.78. The minimum absolute atomic E-state index is 0.133. The molecule has 1 aromatic carbocycles. The molecule has 2 N–H and O–H groups in total. The summed E-state index contributed by atoms with van der Waals surface area (Å²) in [6.07, 6.45) is 2.88. The molecule has 0 unspecified atom stereocenters. The lowest BCUT2D eigenvalue weighted by molar-refractivity contribution is -0.121. The fraction of sp³-hybridized carbons (Fsp3) is 0.381. The molecular formula is C21H26N4O4S. The van der Waals surface area contributed by atoms with Gasteiger partial charge in [-0.2, -0.15) is 4.31 Å². The standard InChI is InChI=1S/C21H26N4O4S/c1-3-20(26)23-17-4-6-18(7-5-17)30(28,29)25-12-9-16(10-13-25)21(27)24-19-14-15(2)8-11-22-19/h4-8,11,14,16H,3,9-10,12-13H2,1-2H3,(H,23,26)(H,22,24,27). The van der Waals surface area contributed by atoms with Crippen molar-refractivity contribution < 1.29 is 18.0 Å². The van der Waals surface area contributed by atoms with Crippen molar-refractivity contribution >= 4 is 33.3 Å². The number of anilines is 2. The van der Waals surface area contributed by atoms with Crippen molar-refractivity contribution in [3.8, 4) is 0 Å². The molecule has 2 heterocycles. The highest BCUT2D eigenvalue weighted by Crippen LogP contribution is 2.25. The molecule has 160 valence electrons. The maximum absolute atomic E-state index is 12.9. The number of pyridine rings is 1. The van der Waals surface area contributed by atoms with E-state index in [1.54, 1.807) is 31.3 Å². The van der Waals surface area contributed by atoms with E-state index in [1.165, 1.54) is 16.4 Å². The lowest BCUT2D eigenvalue weighted by atomic mass is 9.97. The molecule has 0 bridgehead atoms. The molecule has 0 aliphatic carbocycles. The molecule has 0 saturated carbocycles. The van der Waals surface area contributed by atoms with Crippen LogP contribution in [0, 0.1) is 12.8 Å². The van der Waals surface area contributed by atoms with E-state index in [9.17, 15) is 18.0 Å². The van der Waals surface area contributed by atoms with Crippen LogP contribution >= 0.6 is 0 Å². The maximum atomic E-state index is 12.9. The third-order valence-electron chi connectivity index (χ3n) is 5.09. The number of nitrogens with one attached hydrogen (secondary N) is 2. The number of piperidine rings is 1. The molecule has 8 nitrogen and oxygen atoms in total. The maximum Gasteiger partial charge on any atom is 0.243 e. The van der Waals surface area contributed by atoms with Gasteiger partial charge in [0.2, 0.25) is 21.8 Å². The highest BCUT2D eigenvalue weighted by molar-refractivity contribution is 7.89. The van der Waals surface area contributed by atoms with Crippen LogP contribution in [0.5, 0.6) is 0 Å². The Balaban J connectivity index is 1.59. The van der Waals surface area contributed by atoms with Gasteiger partial charge in [0.25, 0.3) is 0 Å². The molecule has 0 radical (unpaired) electrons. The summed E-state index contributed by atoms with van der Waals surface area (Å²) < 4.78 is 27.2. The van der Waals surface area contributed by atoms with Gasteiger partial charge in [-0.1, -0.05) is 6.92 Å². The van der Waals surface area contributed by atoms with E-state index >= 15 is 0 Å². The lowest BCUT2D eigenvalue weighted by Gasteiger charge is -2.30. The van der Waals surface area contributed by atoms with Crippen molar-refractivity contribution in [2.45, 2.75) is 38.0 Å². The third kappa shape index (κ3) is 5.22. The molecule has 2 aromatic rings. The normalized spacial score (nSPS) is 15.5. The Morgan fingerprint density at radius 3 is 2.37 bits per heavy atom. The summed E-state index contributed by atoms with van der Waals surface area (Å²) in [6.45, 7) is 4.21. The Hall–Kier alpha value is -2.78. The van der Waals surface area contributed by atoms with Crippen LogP contribution in [0.4, 0.5) is 11.5 Å². The molecule has 1 fully saturated rings. The third-order valence-corrected chi connectivity index (χ3v) is 7.00. The summed E-state index contributed by atoms with van der Waals surface area (Å²) in [4.78, 5) is 28.3. The predicted molar refractivity (Wildman–Crippen MR) is 114 cm³/mol. The molecule has 3 rings (SSSR count). The van der Waals surface area contributed by atoms with Crippen molar-refractivity contribution in [3.63, 3.8) is 0 Å². The van der Waals surface area contributed by atoms with Crippen LogP contribution in [0.15, 0.2) is 47.5 Å². The fourth-order valence-electron chi connectivity index (χ4n) is 3.30. The second kappa shape index (κ2) is 9.36. The van der Waals surface area contributed by atoms with Gasteiger partial charge in [-0.3, -0.25) is 9.59 Å². The highest BCUT2D eigenvalue weighted by Gasteiger charge is 2.32. The van der Waals surface area contributed by atoms with Gasteiger partial charge in [0.1, 0.15) is 5.82 Å². The lowest BCUT2D eigenvalue weighted by Crippen LogP contribution is -2.41. The average molecular weight is 431 g/mol. The topological polar surface area (TPSA) is 108 Å². The van der Waals surface area contributed by atoms with Crippen LogP contribution in [-0.4, -0.2) is 42.6 Å². The van der Waals surface area contributed by atoms with Crippen LogP contribution in [0.25, 0.3) is 0 Å². The number of hydrogen-bond donors (Lipinski definition) is 2. The van der Waals surface area contributed by atoms with Gasteiger partial charge in [-0.05, 0) is 61.7 Å². The highest BCUT2D eigenvalue weighted by atomic mass is 32.2. The van der Waals surface area contributed by atoms with Gasteiger partial charge in [-0.15, -0.1) is 0 Å². The van der Waals surface area contributed by atoms with Crippen LogP contribution in [-0.2, 0) is 19.6 Å². The zero-order valence-electron chi connectivity index (χ0n) is 17.1. The van der Waals surface area contributed by atoms with Crippen LogP contribution in [0.1, 0.15) is 31.7 Å². The first-order valence-electron chi connectivity index (χ1n) is 9.93. The van der Waals surface area contributed by atoms with Gasteiger partial charge in [0.15, 0.2) is 0 Å². The Labute approximate surface area is 176 Å². The first-order chi connectivity index (χ1) is 14.3. The van der Waals surface area contributed by atoms with Crippen molar-refractivity contribution in [3.05, 3.63) is 48.2 Å². The molecule has 30 heavy (non-hydrogen) atoms. The molecule has 0 spiro atoms. The summed E-state index contributed by atoms with van der Waals surface area (Å²) in [7, 11) is -3.65. The smallest absolute Gasteiger partial charge is 0.243 e. The van der Waals surface area contributed by atoms with Gasteiger partial charge in [0, 0.05) is 37.3 Å². The second-order valence-corrected chi connectivity index (χ2v) is 9.25. The van der Waals surface area contributed by atoms with E-state index < -0.39 is 10.0 Å². The zero-order chi connectivity index (χ0) is 21.7. The second-order valence-electron chi connectivity index (χ2n) is 7.31. The molecule has 1 aliphatic heterocycles. The number of aryl methyl sites for hydroxylation is 1. The number of hydrogen-bond acceptors (Lipinski definition) is 5. The molecule has 1 aromatic heterocycles. The summed E-state index contributed by atoms with van der Waals surface area (Å²) in [5, 5.41) is 5.51. The number of nitrogens with zero attached hydrogens (tertiary/aromatic N) is 2. The van der Waals surface area contributed by atoms with Crippen LogP contribution < -0.4 is 10.6 Å². The number of amides is 2. The Morgan fingerprint density at radius 2 is 1.77 bits per heavy atom. The van der Waals surface area contributed by atoms with Gasteiger partial charge < -0.3 is 10.6 Å². The average Bonchev–Trinajstić information content (AvgIpc) is 2.74. The number of carbonyl (C=O) groups is 2. The van der Waals surface area contributed by atoms with E-state index in [-0.39, 0.29) is 35.7 Å². The molecule has 1 aliphatic rings. The monoisotopic (exact) mass is 430 g/mol. The summed E-state index contributed by atoms with van der Waals surface area (Å²) >= 11 is 0. The number of sulfonamides is 1. The molecule has 1 saturated heterocycles.